The van der Waals surface area contributed by atoms with Gasteiger partial charge in [0, 0.05) is 19.6 Å². The highest BCUT2D eigenvalue weighted by Crippen LogP contribution is 2.38. The third-order valence-electron chi connectivity index (χ3n) is 4.43. The number of hydrogen-bond donors (Lipinski definition) is 1. The molecule has 1 rings (SSSR count). The predicted octanol–water partition coefficient (Wildman–Crippen LogP) is 3.24. The van der Waals surface area contributed by atoms with Gasteiger partial charge >= 0.3 is 0 Å². The second-order valence-corrected chi connectivity index (χ2v) is 7.36. The largest absolute Gasteiger partial charge is 0.316 e. The van der Waals surface area contributed by atoms with Gasteiger partial charge in [0.25, 0.3) is 0 Å². The van der Waals surface area contributed by atoms with Crippen LogP contribution in [0.5, 0.6) is 0 Å². The highest BCUT2D eigenvalue weighted by Gasteiger charge is 2.34. The van der Waals surface area contributed by atoms with Crippen LogP contribution in [0.3, 0.4) is 0 Å². The second-order valence-electron chi connectivity index (χ2n) is 7.36. The van der Waals surface area contributed by atoms with Crippen LogP contribution < -0.4 is 5.32 Å². The molecule has 0 aromatic carbocycles. The van der Waals surface area contributed by atoms with E-state index in [0.717, 1.165) is 30.8 Å². The van der Waals surface area contributed by atoms with Crippen LogP contribution in [0.4, 0.5) is 0 Å². The van der Waals surface area contributed by atoms with Crippen molar-refractivity contribution in [3.05, 3.63) is 0 Å². The number of nitrogens with zero attached hydrogens (tertiary/aromatic N) is 1. The topological polar surface area (TPSA) is 15.3 Å². The first-order valence-electron chi connectivity index (χ1n) is 7.75. The Kier molecular flexibility index (Phi) is 6.13. The maximum Gasteiger partial charge on any atom is 0.00444 e. The molecule has 18 heavy (non-hydrogen) atoms. The summed E-state index contributed by atoms with van der Waals surface area (Å²) in [4.78, 5) is 2.55. The Hall–Kier alpha value is -0.0800. The minimum Gasteiger partial charge on any atom is -0.316 e. The summed E-state index contributed by atoms with van der Waals surface area (Å²) in [5.41, 5.74) is 0.418. The van der Waals surface area contributed by atoms with Crippen molar-refractivity contribution in [3.63, 3.8) is 0 Å². The van der Waals surface area contributed by atoms with Gasteiger partial charge in [-0.25, -0.2) is 0 Å². The molecule has 0 aromatic rings. The molecule has 1 saturated carbocycles. The minimum atomic E-state index is 0.418. The highest BCUT2D eigenvalue weighted by molar-refractivity contribution is 4.86. The van der Waals surface area contributed by atoms with E-state index in [9.17, 15) is 0 Å². The molecule has 0 saturated heterocycles. The summed E-state index contributed by atoms with van der Waals surface area (Å²) in [6.45, 7) is 16.5. The van der Waals surface area contributed by atoms with Crippen LogP contribution in [0, 0.1) is 23.2 Å². The Bertz CT molecular complexity index is 239. The first-order chi connectivity index (χ1) is 8.36. The van der Waals surface area contributed by atoms with E-state index in [4.69, 9.17) is 0 Å². The molecule has 0 aromatic heterocycles. The fraction of sp³-hybridized carbons (Fsp3) is 1.00. The summed E-state index contributed by atoms with van der Waals surface area (Å²) in [5.74, 6) is 2.69. The van der Waals surface area contributed by atoms with E-state index in [1.807, 2.05) is 0 Å². The molecular weight excluding hydrogens is 220 g/mol. The fourth-order valence-corrected chi connectivity index (χ4v) is 2.73. The molecule has 2 nitrogen and oxygen atoms in total. The zero-order valence-corrected chi connectivity index (χ0v) is 13.4. The van der Waals surface area contributed by atoms with Crippen molar-refractivity contribution < 1.29 is 0 Å². The fourth-order valence-electron chi connectivity index (χ4n) is 2.73. The van der Waals surface area contributed by atoms with Gasteiger partial charge in [-0.2, -0.15) is 0 Å². The number of hydrogen-bond acceptors (Lipinski definition) is 2. The quantitative estimate of drug-likeness (QED) is 0.679. The van der Waals surface area contributed by atoms with E-state index in [0.29, 0.717) is 5.41 Å². The Morgan fingerprint density at radius 2 is 2.00 bits per heavy atom. The van der Waals surface area contributed by atoms with E-state index in [2.05, 4.69) is 51.9 Å². The van der Waals surface area contributed by atoms with Gasteiger partial charge < -0.3 is 10.2 Å². The third kappa shape index (κ3) is 5.71. The van der Waals surface area contributed by atoms with Crippen LogP contribution in [0.25, 0.3) is 0 Å². The summed E-state index contributed by atoms with van der Waals surface area (Å²) in [6, 6.07) is 0. The number of rotatable bonds is 9. The molecule has 0 aliphatic heterocycles. The molecule has 0 heterocycles. The zero-order valence-electron chi connectivity index (χ0n) is 13.4. The molecule has 0 radical (unpaired) electrons. The van der Waals surface area contributed by atoms with Crippen molar-refractivity contribution in [2.45, 2.75) is 47.5 Å². The molecule has 1 aliphatic rings. The van der Waals surface area contributed by atoms with Crippen molar-refractivity contribution in [2.24, 2.45) is 23.2 Å². The van der Waals surface area contributed by atoms with Crippen molar-refractivity contribution >= 4 is 0 Å². The van der Waals surface area contributed by atoms with Crippen molar-refractivity contribution in [1.82, 2.24) is 10.2 Å². The summed E-state index contributed by atoms with van der Waals surface area (Å²) < 4.78 is 0. The van der Waals surface area contributed by atoms with Crippen LogP contribution in [0.2, 0.25) is 0 Å². The van der Waals surface area contributed by atoms with Gasteiger partial charge in [-0.1, -0.05) is 34.6 Å². The molecule has 1 fully saturated rings. The second kappa shape index (κ2) is 6.91. The molecule has 108 valence electrons. The molecular formula is C16H34N2. The van der Waals surface area contributed by atoms with Gasteiger partial charge in [-0.3, -0.25) is 0 Å². The van der Waals surface area contributed by atoms with Crippen molar-refractivity contribution in [1.29, 1.82) is 0 Å². The van der Waals surface area contributed by atoms with Gasteiger partial charge in [0.05, 0.1) is 0 Å². The summed E-state index contributed by atoms with van der Waals surface area (Å²) in [6.07, 6.45) is 2.70. The van der Waals surface area contributed by atoms with E-state index in [-0.39, 0.29) is 0 Å². The maximum atomic E-state index is 3.63. The van der Waals surface area contributed by atoms with Crippen LogP contribution in [0.1, 0.15) is 47.5 Å². The monoisotopic (exact) mass is 254 g/mol. The van der Waals surface area contributed by atoms with Crippen LogP contribution >= 0.6 is 0 Å². The molecule has 0 amide bonds. The Balaban J connectivity index is 2.28. The van der Waals surface area contributed by atoms with E-state index in [1.54, 1.807) is 0 Å². The Labute approximate surface area is 115 Å². The Morgan fingerprint density at radius 3 is 2.44 bits per heavy atom. The Morgan fingerprint density at radius 1 is 1.39 bits per heavy atom. The highest BCUT2D eigenvalue weighted by atomic mass is 15.1. The first kappa shape index (κ1) is 16.0. The average molecular weight is 254 g/mol. The average Bonchev–Trinajstić information content (AvgIpc) is 2.93. The van der Waals surface area contributed by atoms with E-state index >= 15 is 0 Å². The normalized spacial score (nSPS) is 26.7. The lowest BCUT2D eigenvalue weighted by Crippen LogP contribution is -2.42. The number of nitrogens with one attached hydrogen (secondary N) is 1. The SMILES string of the molecule is CCC(C)(CNCC(C)C)CN(C)CC1CC1C. The lowest BCUT2D eigenvalue weighted by Gasteiger charge is -2.33. The van der Waals surface area contributed by atoms with Crippen molar-refractivity contribution in [3.8, 4) is 0 Å². The first-order valence-corrected chi connectivity index (χ1v) is 7.75. The summed E-state index contributed by atoms with van der Waals surface area (Å²) >= 11 is 0. The van der Waals surface area contributed by atoms with E-state index in [1.165, 1.54) is 25.9 Å². The van der Waals surface area contributed by atoms with Crippen LogP contribution in [0.15, 0.2) is 0 Å². The van der Waals surface area contributed by atoms with Gasteiger partial charge in [0.2, 0.25) is 0 Å². The van der Waals surface area contributed by atoms with E-state index < -0.39 is 0 Å². The maximum absolute atomic E-state index is 3.63. The van der Waals surface area contributed by atoms with Crippen LogP contribution in [-0.2, 0) is 0 Å². The third-order valence-corrected chi connectivity index (χ3v) is 4.43. The molecule has 1 aliphatic carbocycles. The van der Waals surface area contributed by atoms with Gasteiger partial charge in [-0.15, -0.1) is 0 Å². The van der Waals surface area contributed by atoms with Crippen molar-refractivity contribution in [2.75, 3.05) is 33.2 Å². The lowest BCUT2D eigenvalue weighted by molar-refractivity contribution is 0.173. The molecule has 3 atom stereocenters. The zero-order chi connectivity index (χ0) is 13.8. The van der Waals surface area contributed by atoms with Gasteiger partial charge in [0.15, 0.2) is 0 Å². The molecule has 2 heteroatoms. The van der Waals surface area contributed by atoms with Crippen LogP contribution in [-0.4, -0.2) is 38.1 Å². The molecule has 0 spiro atoms. The lowest BCUT2D eigenvalue weighted by atomic mass is 9.86. The molecule has 0 bridgehead atoms. The van der Waals surface area contributed by atoms with Gasteiger partial charge in [-0.05, 0) is 49.6 Å². The predicted molar refractivity (Wildman–Crippen MR) is 80.9 cm³/mol. The molecule has 3 unspecified atom stereocenters. The molecule has 1 N–H and O–H groups in total. The standard InChI is InChI=1S/C16H34N2/c1-7-16(5,11-17-9-13(2)3)12-18(6)10-15-8-14(15)4/h13-15,17H,7-12H2,1-6H3. The summed E-state index contributed by atoms with van der Waals surface area (Å²) in [5, 5.41) is 3.63. The minimum absolute atomic E-state index is 0.418. The smallest absolute Gasteiger partial charge is 0.00444 e. The van der Waals surface area contributed by atoms with Gasteiger partial charge in [0.1, 0.15) is 0 Å². The summed E-state index contributed by atoms with van der Waals surface area (Å²) in [7, 11) is 2.29.